The van der Waals surface area contributed by atoms with Gasteiger partial charge in [0.15, 0.2) is 0 Å². The van der Waals surface area contributed by atoms with E-state index in [9.17, 15) is 0 Å². The van der Waals surface area contributed by atoms with Gasteiger partial charge in [-0.1, -0.05) is 23.2 Å². The third kappa shape index (κ3) is 8.57. The van der Waals surface area contributed by atoms with Crippen molar-refractivity contribution >= 4 is 0 Å². The first-order valence-electron chi connectivity index (χ1n) is 3.09. The second kappa shape index (κ2) is 8.57. The van der Waals surface area contributed by atoms with E-state index in [2.05, 4.69) is 15.9 Å². The van der Waals surface area contributed by atoms with E-state index >= 15 is 0 Å². The smallest absolute Gasteiger partial charge is 0.107 e. The Bertz CT molecular complexity index is 198. The highest BCUT2D eigenvalue weighted by molar-refractivity contribution is 4.86. The SMILES string of the molecule is C#CCOC/C=C\CN=[N+]=[N-]. The molecular weight excluding hydrogens is 142 g/mol. The lowest BCUT2D eigenvalue weighted by atomic mass is 10.5. The van der Waals surface area contributed by atoms with Crippen LogP contribution < -0.4 is 0 Å². The van der Waals surface area contributed by atoms with Crippen LogP contribution in [0, 0.1) is 12.3 Å². The van der Waals surface area contributed by atoms with Gasteiger partial charge < -0.3 is 4.74 Å². The molecule has 0 aliphatic heterocycles. The number of rotatable bonds is 5. The van der Waals surface area contributed by atoms with E-state index in [1.54, 1.807) is 12.2 Å². The van der Waals surface area contributed by atoms with Crippen LogP contribution in [-0.2, 0) is 4.74 Å². The Morgan fingerprint density at radius 1 is 1.64 bits per heavy atom. The third-order valence-electron chi connectivity index (χ3n) is 0.816. The number of azide groups is 1. The second-order valence-electron chi connectivity index (χ2n) is 1.60. The molecule has 4 heteroatoms. The standard InChI is InChI=1S/C7H9N3O/c1-2-6-11-7-4-3-5-9-10-8/h1,3-4H,5-7H2/b4-3-. The molecule has 0 aromatic carbocycles. The van der Waals surface area contributed by atoms with Crippen molar-refractivity contribution in [3.05, 3.63) is 22.6 Å². The molecule has 0 saturated heterocycles. The zero-order chi connectivity index (χ0) is 8.36. The van der Waals surface area contributed by atoms with Crippen LogP contribution in [0.2, 0.25) is 0 Å². The first-order chi connectivity index (χ1) is 5.41. The summed E-state index contributed by atoms with van der Waals surface area (Å²) in [5, 5.41) is 3.29. The van der Waals surface area contributed by atoms with Gasteiger partial charge >= 0.3 is 0 Å². The van der Waals surface area contributed by atoms with Crippen LogP contribution in [-0.4, -0.2) is 19.8 Å². The van der Waals surface area contributed by atoms with E-state index in [1.165, 1.54) is 0 Å². The third-order valence-corrected chi connectivity index (χ3v) is 0.816. The molecule has 0 N–H and O–H groups in total. The summed E-state index contributed by atoms with van der Waals surface area (Å²) in [4.78, 5) is 2.57. The van der Waals surface area contributed by atoms with Crippen molar-refractivity contribution in [3.63, 3.8) is 0 Å². The Labute approximate surface area is 65.5 Å². The summed E-state index contributed by atoms with van der Waals surface area (Å²) in [6, 6.07) is 0. The Balaban J connectivity index is 3.17. The maximum Gasteiger partial charge on any atom is 0.107 e. The van der Waals surface area contributed by atoms with Crippen molar-refractivity contribution in [2.75, 3.05) is 19.8 Å². The minimum Gasteiger partial charge on any atom is -0.365 e. The number of nitrogens with zero attached hydrogens (tertiary/aromatic N) is 3. The average Bonchev–Trinajstić information content (AvgIpc) is 2.03. The summed E-state index contributed by atoms with van der Waals surface area (Å²) < 4.78 is 4.91. The lowest BCUT2D eigenvalue weighted by Crippen LogP contribution is -1.90. The molecule has 0 bridgehead atoms. The molecule has 0 amide bonds. The highest BCUT2D eigenvalue weighted by Gasteiger charge is 1.75. The van der Waals surface area contributed by atoms with E-state index in [0.29, 0.717) is 19.8 Å². The number of ether oxygens (including phenoxy) is 1. The molecule has 0 aliphatic rings. The fraction of sp³-hybridized carbons (Fsp3) is 0.429. The van der Waals surface area contributed by atoms with Gasteiger partial charge in [0.1, 0.15) is 6.61 Å². The molecule has 0 rings (SSSR count). The minimum atomic E-state index is 0.311. The molecule has 0 aromatic rings. The highest BCUT2D eigenvalue weighted by Crippen LogP contribution is 1.78. The largest absolute Gasteiger partial charge is 0.365 e. The predicted octanol–water partition coefficient (Wildman–Crippen LogP) is 1.50. The quantitative estimate of drug-likeness (QED) is 0.147. The van der Waals surface area contributed by atoms with Crippen molar-refractivity contribution in [1.29, 1.82) is 0 Å². The van der Waals surface area contributed by atoms with E-state index in [-0.39, 0.29) is 0 Å². The molecule has 11 heavy (non-hydrogen) atoms. The van der Waals surface area contributed by atoms with Gasteiger partial charge in [-0.15, -0.1) is 6.42 Å². The van der Waals surface area contributed by atoms with Crippen LogP contribution in [0.1, 0.15) is 0 Å². The Morgan fingerprint density at radius 3 is 3.09 bits per heavy atom. The van der Waals surface area contributed by atoms with Crippen LogP contribution in [0.3, 0.4) is 0 Å². The van der Waals surface area contributed by atoms with E-state index in [1.807, 2.05) is 0 Å². The molecule has 0 fully saturated rings. The summed E-state index contributed by atoms with van der Waals surface area (Å²) in [7, 11) is 0. The Kier molecular flexibility index (Phi) is 7.46. The fourth-order valence-corrected chi connectivity index (χ4v) is 0.412. The van der Waals surface area contributed by atoms with Gasteiger partial charge in [-0.05, 0) is 5.53 Å². The van der Waals surface area contributed by atoms with Gasteiger partial charge in [0.05, 0.1) is 6.61 Å². The van der Waals surface area contributed by atoms with Crippen molar-refractivity contribution in [2.24, 2.45) is 5.11 Å². The van der Waals surface area contributed by atoms with Crippen LogP contribution in [0.15, 0.2) is 17.3 Å². The van der Waals surface area contributed by atoms with Crippen molar-refractivity contribution < 1.29 is 4.74 Å². The lowest BCUT2D eigenvalue weighted by molar-refractivity contribution is 0.199. The molecule has 0 heterocycles. The normalized spacial score (nSPS) is 9.00. The van der Waals surface area contributed by atoms with Gasteiger partial charge in [0.25, 0.3) is 0 Å². The predicted molar refractivity (Wildman–Crippen MR) is 42.8 cm³/mol. The average molecular weight is 151 g/mol. The van der Waals surface area contributed by atoms with E-state index in [4.69, 9.17) is 16.7 Å². The monoisotopic (exact) mass is 151 g/mol. The Morgan fingerprint density at radius 2 is 2.45 bits per heavy atom. The van der Waals surface area contributed by atoms with Crippen molar-refractivity contribution in [3.8, 4) is 12.3 Å². The van der Waals surface area contributed by atoms with Crippen molar-refractivity contribution in [2.45, 2.75) is 0 Å². The van der Waals surface area contributed by atoms with E-state index < -0.39 is 0 Å². The van der Waals surface area contributed by atoms with Crippen LogP contribution in [0.4, 0.5) is 0 Å². The fourth-order valence-electron chi connectivity index (χ4n) is 0.412. The molecule has 0 spiro atoms. The van der Waals surface area contributed by atoms with E-state index in [0.717, 1.165) is 0 Å². The summed E-state index contributed by atoms with van der Waals surface area (Å²) in [6.07, 6.45) is 8.40. The van der Waals surface area contributed by atoms with Gasteiger partial charge in [-0.2, -0.15) is 0 Å². The molecule has 4 nitrogen and oxygen atoms in total. The maximum absolute atomic E-state index is 7.87. The second-order valence-corrected chi connectivity index (χ2v) is 1.60. The first-order valence-corrected chi connectivity index (χ1v) is 3.09. The highest BCUT2D eigenvalue weighted by atomic mass is 16.5. The summed E-state index contributed by atoms with van der Waals surface area (Å²) >= 11 is 0. The molecule has 0 radical (unpaired) electrons. The van der Waals surface area contributed by atoms with Crippen molar-refractivity contribution in [1.82, 2.24) is 0 Å². The summed E-state index contributed by atoms with van der Waals surface area (Å²) in [6.45, 7) is 1.13. The molecule has 0 saturated carbocycles. The zero-order valence-electron chi connectivity index (χ0n) is 6.10. The van der Waals surface area contributed by atoms with Gasteiger partial charge in [0.2, 0.25) is 0 Å². The molecule has 0 unspecified atom stereocenters. The van der Waals surface area contributed by atoms with Crippen LogP contribution in [0.25, 0.3) is 10.4 Å². The Hall–Kier alpha value is -1.43. The first kappa shape index (κ1) is 9.57. The summed E-state index contributed by atoms with van der Waals surface area (Å²) in [5.74, 6) is 2.33. The van der Waals surface area contributed by atoms with Gasteiger partial charge in [-0.3, -0.25) is 0 Å². The molecule has 0 aliphatic carbocycles. The van der Waals surface area contributed by atoms with Crippen LogP contribution in [0.5, 0.6) is 0 Å². The summed E-state index contributed by atoms with van der Waals surface area (Å²) in [5.41, 5.74) is 7.87. The van der Waals surface area contributed by atoms with Gasteiger partial charge in [0, 0.05) is 11.5 Å². The zero-order valence-corrected chi connectivity index (χ0v) is 6.10. The molecule has 0 aromatic heterocycles. The van der Waals surface area contributed by atoms with Crippen LogP contribution >= 0.6 is 0 Å². The minimum absolute atomic E-state index is 0.311. The number of terminal acetylenes is 1. The lowest BCUT2D eigenvalue weighted by Gasteiger charge is -1.90. The topological polar surface area (TPSA) is 58.0 Å². The maximum atomic E-state index is 7.87. The molecular formula is C7H9N3O. The number of hydrogen-bond acceptors (Lipinski definition) is 2. The van der Waals surface area contributed by atoms with Gasteiger partial charge in [-0.25, -0.2) is 0 Å². The molecule has 58 valence electrons. The number of hydrogen-bond donors (Lipinski definition) is 0. The molecule has 0 atom stereocenters.